The number of hydrogen-bond donors (Lipinski definition) is 1. The van der Waals surface area contributed by atoms with Crippen LogP contribution in [0.2, 0.25) is 0 Å². The largest absolute Gasteiger partial charge is 0.477 e. The van der Waals surface area contributed by atoms with Crippen LogP contribution in [-0.4, -0.2) is 25.6 Å². The van der Waals surface area contributed by atoms with Crippen LogP contribution in [0.4, 0.5) is 0 Å². The molecule has 0 amide bonds. The third-order valence-electron chi connectivity index (χ3n) is 3.91. The van der Waals surface area contributed by atoms with Gasteiger partial charge in [0.1, 0.15) is 5.56 Å². The van der Waals surface area contributed by atoms with Gasteiger partial charge in [-0.15, -0.1) is 0 Å². The maximum Gasteiger partial charge on any atom is 0.341 e. The van der Waals surface area contributed by atoms with Gasteiger partial charge in [-0.2, -0.15) is 0 Å². The van der Waals surface area contributed by atoms with Gasteiger partial charge in [0.25, 0.3) is 5.56 Å². The Hall–Kier alpha value is -3.06. The second kappa shape index (κ2) is 5.78. The van der Waals surface area contributed by atoms with Crippen molar-refractivity contribution in [2.75, 3.05) is 0 Å². The van der Waals surface area contributed by atoms with E-state index in [9.17, 15) is 14.7 Å². The molecule has 122 valence electrons. The van der Waals surface area contributed by atoms with E-state index in [4.69, 9.17) is 0 Å². The Morgan fingerprint density at radius 1 is 1.00 bits per heavy atom. The van der Waals surface area contributed by atoms with E-state index in [0.717, 1.165) is 4.47 Å². The van der Waals surface area contributed by atoms with E-state index >= 15 is 0 Å². The zero-order chi connectivity index (χ0) is 17.6. The molecule has 0 radical (unpaired) electrons. The van der Waals surface area contributed by atoms with E-state index < -0.39 is 11.5 Å². The molecule has 0 atom stereocenters. The van der Waals surface area contributed by atoms with Crippen LogP contribution >= 0.6 is 15.9 Å². The molecule has 1 N–H and O–H groups in total. The molecule has 0 aliphatic rings. The molecule has 7 heteroatoms. The van der Waals surface area contributed by atoms with Crippen molar-refractivity contribution in [1.82, 2.24) is 14.5 Å². The molecular formula is C18H10BrN3O3. The first-order chi connectivity index (χ1) is 12.0. The summed E-state index contributed by atoms with van der Waals surface area (Å²) in [6.45, 7) is 0. The van der Waals surface area contributed by atoms with Crippen molar-refractivity contribution in [2.45, 2.75) is 0 Å². The zero-order valence-corrected chi connectivity index (χ0v) is 14.3. The minimum absolute atomic E-state index is 0.283. The number of carboxylic acid groups (broad SMARTS) is 1. The highest BCUT2D eigenvalue weighted by atomic mass is 79.9. The lowest BCUT2D eigenvalue weighted by Gasteiger charge is -2.12. The number of nitrogens with zero attached hydrogens (tertiary/aromatic N) is 3. The standard InChI is InChI=1S/C18H10BrN3O3/c19-11-2-1-10-7-13(18(24)25)17(23)22(16(10)8-11)12-3-4-14-15(9-12)21-6-5-20-14/h1-9H,(H,24,25). The Morgan fingerprint density at radius 2 is 1.76 bits per heavy atom. The molecule has 6 nitrogen and oxygen atoms in total. The van der Waals surface area contributed by atoms with Gasteiger partial charge < -0.3 is 5.11 Å². The number of carboxylic acids is 1. The summed E-state index contributed by atoms with van der Waals surface area (Å²) in [5, 5.41) is 10.0. The first-order valence-corrected chi connectivity index (χ1v) is 8.14. The van der Waals surface area contributed by atoms with Crippen LogP contribution in [0.5, 0.6) is 0 Å². The first-order valence-electron chi connectivity index (χ1n) is 7.34. The van der Waals surface area contributed by atoms with Gasteiger partial charge in [0.2, 0.25) is 0 Å². The highest BCUT2D eigenvalue weighted by Crippen LogP contribution is 2.23. The summed E-state index contributed by atoms with van der Waals surface area (Å²) in [4.78, 5) is 32.7. The Morgan fingerprint density at radius 3 is 2.52 bits per heavy atom. The topological polar surface area (TPSA) is 85.1 Å². The zero-order valence-electron chi connectivity index (χ0n) is 12.7. The van der Waals surface area contributed by atoms with Crippen molar-refractivity contribution in [3.63, 3.8) is 0 Å². The summed E-state index contributed by atoms with van der Waals surface area (Å²) in [7, 11) is 0. The molecule has 0 spiro atoms. The summed E-state index contributed by atoms with van der Waals surface area (Å²) in [5.74, 6) is -1.26. The van der Waals surface area contributed by atoms with Gasteiger partial charge in [-0.1, -0.05) is 22.0 Å². The van der Waals surface area contributed by atoms with Crippen molar-refractivity contribution in [3.05, 3.63) is 75.2 Å². The van der Waals surface area contributed by atoms with Crippen LogP contribution in [-0.2, 0) is 0 Å². The Kier molecular flexibility index (Phi) is 3.58. The fraction of sp³-hybridized carbons (Fsp3) is 0. The van der Waals surface area contributed by atoms with Gasteiger partial charge in [0, 0.05) is 16.9 Å². The number of carbonyl (C=O) groups is 1. The molecule has 4 aromatic rings. The van der Waals surface area contributed by atoms with E-state index in [2.05, 4.69) is 25.9 Å². The van der Waals surface area contributed by atoms with Gasteiger partial charge in [0.05, 0.1) is 22.2 Å². The van der Waals surface area contributed by atoms with E-state index in [1.165, 1.54) is 10.6 Å². The fourth-order valence-electron chi connectivity index (χ4n) is 2.78. The Bertz CT molecular complexity index is 1220. The quantitative estimate of drug-likeness (QED) is 0.562. The van der Waals surface area contributed by atoms with Crippen molar-refractivity contribution in [1.29, 1.82) is 0 Å². The Balaban J connectivity index is 2.13. The lowest BCUT2D eigenvalue weighted by molar-refractivity contribution is 0.0695. The summed E-state index contributed by atoms with van der Waals surface area (Å²) in [5.41, 5.74) is 1.57. The summed E-state index contributed by atoms with van der Waals surface area (Å²) in [6, 6.07) is 11.9. The molecule has 2 aromatic carbocycles. The smallest absolute Gasteiger partial charge is 0.341 e. The van der Waals surface area contributed by atoms with Crippen LogP contribution in [0.15, 0.2) is 64.1 Å². The van der Waals surface area contributed by atoms with E-state index in [0.29, 0.717) is 27.6 Å². The average Bonchev–Trinajstić information content (AvgIpc) is 2.60. The minimum Gasteiger partial charge on any atom is -0.477 e. The molecule has 0 bridgehead atoms. The highest BCUT2D eigenvalue weighted by molar-refractivity contribution is 9.10. The van der Waals surface area contributed by atoms with Crippen molar-refractivity contribution in [2.24, 2.45) is 0 Å². The van der Waals surface area contributed by atoms with Crippen LogP contribution < -0.4 is 5.56 Å². The normalized spacial score (nSPS) is 11.1. The number of benzene rings is 2. The third kappa shape index (κ3) is 2.58. The minimum atomic E-state index is -1.26. The maximum absolute atomic E-state index is 12.8. The molecule has 2 aromatic heterocycles. The average molecular weight is 396 g/mol. The molecule has 2 heterocycles. The SMILES string of the molecule is O=C(O)c1cc2ccc(Br)cc2n(-c2ccc3nccnc3c2)c1=O. The van der Waals surface area contributed by atoms with Gasteiger partial charge in [-0.05, 0) is 41.8 Å². The Labute approximate surface area is 149 Å². The molecule has 0 aliphatic carbocycles. The number of aromatic carboxylic acids is 1. The molecule has 0 saturated heterocycles. The highest BCUT2D eigenvalue weighted by Gasteiger charge is 2.16. The van der Waals surface area contributed by atoms with Crippen molar-refractivity contribution in [3.8, 4) is 5.69 Å². The van der Waals surface area contributed by atoms with E-state index in [-0.39, 0.29) is 5.56 Å². The predicted molar refractivity (Wildman–Crippen MR) is 97.3 cm³/mol. The molecule has 4 rings (SSSR count). The lowest BCUT2D eigenvalue weighted by atomic mass is 10.1. The molecule has 0 saturated carbocycles. The molecule has 0 unspecified atom stereocenters. The lowest BCUT2D eigenvalue weighted by Crippen LogP contribution is -2.25. The van der Waals surface area contributed by atoms with Gasteiger partial charge in [-0.25, -0.2) is 4.79 Å². The second-order valence-corrected chi connectivity index (χ2v) is 6.35. The number of pyridine rings is 1. The van der Waals surface area contributed by atoms with Crippen LogP contribution in [0.3, 0.4) is 0 Å². The summed E-state index contributed by atoms with van der Waals surface area (Å²) >= 11 is 3.40. The third-order valence-corrected chi connectivity index (χ3v) is 4.40. The maximum atomic E-state index is 12.8. The van der Waals surface area contributed by atoms with Crippen molar-refractivity contribution >= 4 is 43.8 Å². The molecule has 0 aliphatic heterocycles. The molecular weight excluding hydrogens is 386 g/mol. The van der Waals surface area contributed by atoms with Crippen LogP contribution in [0.25, 0.3) is 27.6 Å². The predicted octanol–water partition coefficient (Wildman–Crippen LogP) is 3.39. The summed E-state index contributed by atoms with van der Waals surface area (Å²) in [6.07, 6.45) is 3.16. The summed E-state index contributed by atoms with van der Waals surface area (Å²) < 4.78 is 2.18. The number of aromatic nitrogens is 3. The number of fused-ring (bicyclic) bond motifs is 2. The number of hydrogen-bond acceptors (Lipinski definition) is 4. The second-order valence-electron chi connectivity index (χ2n) is 5.44. The fourth-order valence-corrected chi connectivity index (χ4v) is 3.13. The molecule has 0 fully saturated rings. The number of halogens is 1. The monoisotopic (exact) mass is 395 g/mol. The van der Waals surface area contributed by atoms with Crippen LogP contribution in [0, 0.1) is 0 Å². The van der Waals surface area contributed by atoms with Gasteiger partial charge >= 0.3 is 5.97 Å². The van der Waals surface area contributed by atoms with E-state index in [1.807, 2.05) is 0 Å². The molecule has 25 heavy (non-hydrogen) atoms. The number of rotatable bonds is 2. The van der Waals surface area contributed by atoms with Crippen molar-refractivity contribution < 1.29 is 9.90 Å². The van der Waals surface area contributed by atoms with Crippen LogP contribution in [0.1, 0.15) is 10.4 Å². The van der Waals surface area contributed by atoms with Gasteiger partial charge in [-0.3, -0.25) is 19.3 Å². The van der Waals surface area contributed by atoms with E-state index in [1.54, 1.807) is 48.8 Å². The first kappa shape index (κ1) is 15.5. The van der Waals surface area contributed by atoms with Gasteiger partial charge in [0.15, 0.2) is 0 Å².